The minimum Gasteiger partial charge on any atom is -0.468 e. The van der Waals surface area contributed by atoms with Gasteiger partial charge in [0.05, 0.1) is 12.3 Å². The first-order valence-corrected chi connectivity index (χ1v) is 7.10. The minimum atomic E-state index is -0.121. The van der Waals surface area contributed by atoms with Crippen molar-refractivity contribution in [2.75, 3.05) is 39.6 Å². The zero-order valence-corrected chi connectivity index (χ0v) is 13.4. The molecule has 2 aromatic rings. The lowest BCUT2D eigenvalue weighted by molar-refractivity contribution is 0.0939. The number of hydrogen-bond acceptors (Lipinski definition) is 5. The molecule has 2 aromatic heterocycles. The Morgan fingerprint density at radius 2 is 2.09 bits per heavy atom. The molecule has 0 saturated carbocycles. The Balaban J connectivity index is 2.04. The molecule has 118 valence electrons. The Hall–Kier alpha value is -2.34. The number of anilines is 1. The van der Waals surface area contributed by atoms with Gasteiger partial charge in [-0.05, 0) is 38.4 Å². The van der Waals surface area contributed by atoms with Crippen molar-refractivity contribution in [2.24, 2.45) is 0 Å². The second-order valence-electron chi connectivity index (χ2n) is 5.50. The highest BCUT2D eigenvalue weighted by Crippen LogP contribution is 2.18. The SMILES string of the molecule is CN(C)c1cc(C(=O)NC[C@@H](c2ccco2)N(C)C)ccn1. The van der Waals surface area contributed by atoms with E-state index in [4.69, 9.17) is 4.42 Å². The van der Waals surface area contributed by atoms with Crippen molar-refractivity contribution in [1.82, 2.24) is 15.2 Å². The first kappa shape index (κ1) is 16.0. The molecule has 6 nitrogen and oxygen atoms in total. The molecular formula is C16H22N4O2. The molecule has 1 amide bonds. The summed E-state index contributed by atoms with van der Waals surface area (Å²) in [6, 6.07) is 7.23. The van der Waals surface area contributed by atoms with Crippen LogP contribution in [0.1, 0.15) is 22.2 Å². The molecule has 0 aliphatic rings. The quantitative estimate of drug-likeness (QED) is 0.881. The Morgan fingerprint density at radius 1 is 1.32 bits per heavy atom. The van der Waals surface area contributed by atoms with Gasteiger partial charge < -0.3 is 14.6 Å². The number of carbonyl (C=O) groups excluding carboxylic acids is 1. The number of nitrogens with zero attached hydrogens (tertiary/aromatic N) is 3. The van der Waals surface area contributed by atoms with Crippen LogP contribution in [0.15, 0.2) is 41.1 Å². The van der Waals surface area contributed by atoms with E-state index < -0.39 is 0 Å². The van der Waals surface area contributed by atoms with Crippen LogP contribution in [0.2, 0.25) is 0 Å². The summed E-state index contributed by atoms with van der Waals surface area (Å²) in [7, 11) is 7.69. The lowest BCUT2D eigenvalue weighted by atomic mass is 10.2. The Morgan fingerprint density at radius 3 is 2.68 bits per heavy atom. The topological polar surface area (TPSA) is 61.6 Å². The molecule has 0 fully saturated rings. The summed E-state index contributed by atoms with van der Waals surface area (Å²) in [6.07, 6.45) is 3.28. The van der Waals surface area contributed by atoms with Crippen molar-refractivity contribution in [3.8, 4) is 0 Å². The van der Waals surface area contributed by atoms with E-state index in [1.54, 1.807) is 24.6 Å². The largest absolute Gasteiger partial charge is 0.468 e. The van der Waals surface area contributed by atoms with Crippen molar-refractivity contribution in [1.29, 1.82) is 0 Å². The van der Waals surface area contributed by atoms with Gasteiger partial charge in [0.25, 0.3) is 5.91 Å². The average molecular weight is 302 g/mol. The van der Waals surface area contributed by atoms with Crippen LogP contribution in [0, 0.1) is 0 Å². The number of likely N-dealkylation sites (N-methyl/N-ethyl adjacent to an activating group) is 1. The molecule has 0 bridgehead atoms. The highest BCUT2D eigenvalue weighted by molar-refractivity contribution is 5.94. The Labute approximate surface area is 130 Å². The fraction of sp³-hybridized carbons (Fsp3) is 0.375. The summed E-state index contributed by atoms with van der Waals surface area (Å²) < 4.78 is 5.44. The molecule has 1 N–H and O–H groups in total. The van der Waals surface area contributed by atoms with Crippen molar-refractivity contribution in [3.05, 3.63) is 48.0 Å². The summed E-state index contributed by atoms with van der Waals surface area (Å²) in [5, 5.41) is 2.95. The van der Waals surface area contributed by atoms with E-state index in [2.05, 4.69) is 10.3 Å². The van der Waals surface area contributed by atoms with Crippen LogP contribution in [0.25, 0.3) is 0 Å². The van der Waals surface area contributed by atoms with E-state index in [1.165, 1.54) is 0 Å². The third kappa shape index (κ3) is 3.85. The van der Waals surface area contributed by atoms with Gasteiger partial charge in [0, 0.05) is 32.4 Å². The third-order valence-electron chi connectivity index (χ3n) is 3.42. The van der Waals surface area contributed by atoms with E-state index in [-0.39, 0.29) is 11.9 Å². The number of carbonyl (C=O) groups is 1. The molecule has 0 unspecified atom stereocenters. The van der Waals surface area contributed by atoms with Gasteiger partial charge in [0.15, 0.2) is 0 Å². The molecule has 0 aliphatic carbocycles. The molecule has 0 aliphatic heterocycles. The zero-order chi connectivity index (χ0) is 16.1. The number of furan rings is 1. The second kappa shape index (κ2) is 7.09. The molecule has 22 heavy (non-hydrogen) atoms. The van der Waals surface area contributed by atoms with Gasteiger partial charge in [-0.15, -0.1) is 0 Å². The standard InChI is InChI=1S/C16H22N4O2/c1-19(2)13(14-6-5-9-22-14)11-18-16(21)12-7-8-17-15(10-12)20(3)4/h5-10,13H,11H2,1-4H3,(H,18,21)/t13-/m0/s1. The highest BCUT2D eigenvalue weighted by Gasteiger charge is 2.18. The normalized spacial score (nSPS) is 12.2. The third-order valence-corrected chi connectivity index (χ3v) is 3.42. The van der Waals surface area contributed by atoms with Crippen molar-refractivity contribution >= 4 is 11.7 Å². The summed E-state index contributed by atoms with van der Waals surface area (Å²) in [5.74, 6) is 1.46. The molecule has 2 rings (SSSR count). The monoisotopic (exact) mass is 302 g/mol. The fourth-order valence-electron chi connectivity index (χ4n) is 2.11. The molecule has 0 saturated heterocycles. The molecule has 0 aromatic carbocycles. The van der Waals surface area contributed by atoms with Gasteiger partial charge in [-0.1, -0.05) is 0 Å². The van der Waals surface area contributed by atoms with Crippen LogP contribution >= 0.6 is 0 Å². The fourth-order valence-corrected chi connectivity index (χ4v) is 2.11. The van der Waals surface area contributed by atoms with Gasteiger partial charge in [-0.2, -0.15) is 0 Å². The molecular weight excluding hydrogens is 280 g/mol. The first-order chi connectivity index (χ1) is 10.5. The maximum Gasteiger partial charge on any atom is 0.251 e. The lowest BCUT2D eigenvalue weighted by Crippen LogP contribution is -2.34. The van der Waals surface area contributed by atoms with Crippen LogP contribution in [0.5, 0.6) is 0 Å². The first-order valence-electron chi connectivity index (χ1n) is 7.10. The number of nitrogens with one attached hydrogen (secondary N) is 1. The van der Waals surface area contributed by atoms with Crippen LogP contribution < -0.4 is 10.2 Å². The Bertz CT molecular complexity index is 608. The van der Waals surface area contributed by atoms with Gasteiger partial charge >= 0.3 is 0 Å². The molecule has 1 atom stereocenters. The summed E-state index contributed by atoms with van der Waals surface area (Å²) in [6.45, 7) is 0.471. The van der Waals surface area contributed by atoms with Crippen LogP contribution in [-0.2, 0) is 0 Å². The maximum absolute atomic E-state index is 12.3. The molecule has 0 spiro atoms. The van der Waals surface area contributed by atoms with Crippen molar-refractivity contribution in [3.63, 3.8) is 0 Å². The summed E-state index contributed by atoms with van der Waals surface area (Å²) >= 11 is 0. The highest BCUT2D eigenvalue weighted by atomic mass is 16.3. The minimum absolute atomic E-state index is 0.00546. The number of hydrogen-bond donors (Lipinski definition) is 1. The predicted octanol–water partition coefficient (Wildman–Crippen LogP) is 1.77. The number of amides is 1. The Kier molecular flexibility index (Phi) is 5.16. The van der Waals surface area contributed by atoms with E-state index in [0.717, 1.165) is 11.6 Å². The van der Waals surface area contributed by atoms with Gasteiger partial charge in [0.2, 0.25) is 0 Å². The van der Waals surface area contributed by atoms with Crippen LogP contribution in [0.3, 0.4) is 0 Å². The zero-order valence-electron chi connectivity index (χ0n) is 13.4. The summed E-state index contributed by atoms with van der Waals surface area (Å²) in [4.78, 5) is 20.4. The molecule has 6 heteroatoms. The van der Waals surface area contributed by atoms with Crippen LogP contribution in [-0.4, -0.2) is 50.5 Å². The predicted molar refractivity (Wildman–Crippen MR) is 86.0 cm³/mol. The second-order valence-corrected chi connectivity index (χ2v) is 5.50. The lowest BCUT2D eigenvalue weighted by Gasteiger charge is -2.22. The van der Waals surface area contributed by atoms with Gasteiger partial charge in [-0.3, -0.25) is 9.69 Å². The van der Waals surface area contributed by atoms with Gasteiger partial charge in [-0.25, -0.2) is 4.98 Å². The maximum atomic E-state index is 12.3. The number of aromatic nitrogens is 1. The number of pyridine rings is 1. The van der Waals surface area contributed by atoms with Gasteiger partial charge in [0.1, 0.15) is 11.6 Å². The smallest absolute Gasteiger partial charge is 0.251 e. The van der Waals surface area contributed by atoms with E-state index >= 15 is 0 Å². The van der Waals surface area contributed by atoms with Crippen LogP contribution in [0.4, 0.5) is 5.82 Å². The summed E-state index contributed by atoms with van der Waals surface area (Å²) in [5.41, 5.74) is 0.593. The number of rotatable bonds is 6. The van der Waals surface area contributed by atoms with E-state index in [0.29, 0.717) is 12.1 Å². The van der Waals surface area contributed by atoms with Crippen molar-refractivity contribution in [2.45, 2.75) is 6.04 Å². The van der Waals surface area contributed by atoms with E-state index in [1.807, 2.05) is 50.1 Å². The molecule has 2 heterocycles. The molecule has 0 radical (unpaired) electrons. The average Bonchev–Trinajstić information content (AvgIpc) is 3.01. The van der Waals surface area contributed by atoms with Crippen molar-refractivity contribution < 1.29 is 9.21 Å². The van der Waals surface area contributed by atoms with E-state index in [9.17, 15) is 4.79 Å².